The molecule has 1 rings (SSSR count). The molecule has 0 saturated heterocycles. The Kier molecular flexibility index (Phi) is 2.73. The molecule has 4 heteroatoms. The van der Waals surface area contributed by atoms with Gasteiger partial charge in [-0.15, -0.1) is 0 Å². The predicted molar refractivity (Wildman–Crippen MR) is 39.7 cm³/mol. The van der Waals surface area contributed by atoms with E-state index in [-0.39, 0.29) is 0 Å². The van der Waals surface area contributed by atoms with Gasteiger partial charge in [0.15, 0.2) is 0 Å². The zero-order chi connectivity index (χ0) is 9.14. The van der Waals surface area contributed by atoms with Crippen LogP contribution in [-0.2, 0) is 0 Å². The van der Waals surface area contributed by atoms with Crippen LogP contribution in [0.25, 0.3) is 0 Å². The molecule has 0 heterocycles. The minimum absolute atomic E-state index is 0.370. The van der Waals surface area contributed by atoms with Gasteiger partial charge >= 0.3 is 0 Å². The molecule has 0 aliphatic carbocycles. The van der Waals surface area contributed by atoms with Gasteiger partial charge in [0.1, 0.15) is 11.6 Å². The molecule has 0 saturated carbocycles. The first-order valence-corrected chi connectivity index (χ1v) is 3.49. The van der Waals surface area contributed by atoms with Gasteiger partial charge in [-0.25, -0.2) is 8.78 Å². The molecule has 66 valence electrons. The summed E-state index contributed by atoms with van der Waals surface area (Å²) < 4.78 is 25.2. The first kappa shape index (κ1) is 9.09. The number of halogens is 2. The van der Waals surface area contributed by atoms with E-state index in [1.54, 1.807) is 6.92 Å². The van der Waals surface area contributed by atoms with E-state index >= 15 is 0 Å². The fraction of sp³-hybridized carbons (Fsp3) is 0.250. The molecule has 0 radical (unpaired) electrons. The SMILES string of the molecule is C[C@H](NO)c1cc(F)cc(F)c1. The summed E-state index contributed by atoms with van der Waals surface area (Å²) in [7, 11) is 0. The molecule has 2 N–H and O–H groups in total. The summed E-state index contributed by atoms with van der Waals surface area (Å²) in [6.07, 6.45) is 0. The number of rotatable bonds is 2. The number of hydrogen-bond donors (Lipinski definition) is 2. The van der Waals surface area contributed by atoms with Crippen molar-refractivity contribution in [1.82, 2.24) is 5.48 Å². The Morgan fingerprint density at radius 2 is 1.75 bits per heavy atom. The van der Waals surface area contributed by atoms with Crippen molar-refractivity contribution in [2.75, 3.05) is 0 Å². The van der Waals surface area contributed by atoms with Crippen molar-refractivity contribution in [2.45, 2.75) is 13.0 Å². The third kappa shape index (κ3) is 1.99. The monoisotopic (exact) mass is 173 g/mol. The Bertz CT molecular complexity index is 258. The van der Waals surface area contributed by atoms with E-state index in [0.29, 0.717) is 5.56 Å². The van der Waals surface area contributed by atoms with Gasteiger partial charge in [-0.3, -0.25) is 0 Å². The lowest BCUT2D eigenvalue weighted by Crippen LogP contribution is -2.13. The van der Waals surface area contributed by atoms with Crippen molar-refractivity contribution < 1.29 is 14.0 Å². The highest BCUT2D eigenvalue weighted by Crippen LogP contribution is 2.14. The van der Waals surface area contributed by atoms with Crippen molar-refractivity contribution in [3.63, 3.8) is 0 Å². The highest BCUT2D eigenvalue weighted by atomic mass is 19.1. The maximum Gasteiger partial charge on any atom is 0.126 e. The number of hydrogen-bond acceptors (Lipinski definition) is 2. The molecule has 0 unspecified atom stereocenters. The van der Waals surface area contributed by atoms with Crippen LogP contribution in [0, 0.1) is 11.6 Å². The van der Waals surface area contributed by atoms with E-state index < -0.39 is 17.7 Å². The van der Waals surface area contributed by atoms with Gasteiger partial charge in [-0.2, -0.15) is 5.48 Å². The molecule has 0 amide bonds. The topological polar surface area (TPSA) is 32.3 Å². The third-order valence-corrected chi connectivity index (χ3v) is 1.58. The second-order valence-electron chi connectivity index (χ2n) is 2.55. The van der Waals surface area contributed by atoms with Crippen LogP contribution in [-0.4, -0.2) is 5.21 Å². The number of hydroxylamine groups is 1. The quantitative estimate of drug-likeness (QED) is 0.670. The van der Waals surface area contributed by atoms with Gasteiger partial charge in [-0.1, -0.05) is 0 Å². The van der Waals surface area contributed by atoms with E-state index in [9.17, 15) is 8.78 Å². The molecule has 0 aromatic heterocycles. The Morgan fingerprint density at radius 3 is 2.17 bits per heavy atom. The standard InChI is InChI=1S/C8H9F2NO/c1-5(11-12)6-2-7(9)4-8(10)3-6/h2-5,11-12H,1H3/t5-/m0/s1. The zero-order valence-electron chi connectivity index (χ0n) is 6.51. The van der Waals surface area contributed by atoms with E-state index in [1.165, 1.54) is 0 Å². The molecular weight excluding hydrogens is 164 g/mol. The summed E-state index contributed by atoms with van der Waals surface area (Å²) in [5.41, 5.74) is 2.27. The van der Waals surface area contributed by atoms with Crippen molar-refractivity contribution in [3.8, 4) is 0 Å². The van der Waals surface area contributed by atoms with Gasteiger partial charge in [0, 0.05) is 6.07 Å². The highest BCUT2D eigenvalue weighted by Gasteiger charge is 2.06. The molecule has 1 atom stereocenters. The Balaban J connectivity index is 3.00. The van der Waals surface area contributed by atoms with E-state index in [2.05, 4.69) is 0 Å². The van der Waals surface area contributed by atoms with Crippen LogP contribution in [0.4, 0.5) is 8.78 Å². The molecule has 2 nitrogen and oxygen atoms in total. The summed E-state index contributed by atoms with van der Waals surface area (Å²) in [4.78, 5) is 0. The van der Waals surface area contributed by atoms with Gasteiger partial charge < -0.3 is 5.21 Å². The van der Waals surface area contributed by atoms with Crippen LogP contribution < -0.4 is 5.48 Å². The highest BCUT2D eigenvalue weighted by molar-refractivity contribution is 5.20. The normalized spacial score (nSPS) is 13.0. The zero-order valence-corrected chi connectivity index (χ0v) is 6.51. The van der Waals surface area contributed by atoms with Gasteiger partial charge in [0.2, 0.25) is 0 Å². The molecule has 0 spiro atoms. The molecule has 1 aromatic rings. The van der Waals surface area contributed by atoms with Crippen molar-refractivity contribution in [2.24, 2.45) is 0 Å². The molecule has 0 fully saturated rings. The molecule has 0 aliphatic heterocycles. The van der Waals surface area contributed by atoms with Crippen molar-refractivity contribution >= 4 is 0 Å². The Labute approximate surface area is 68.8 Å². The summed E-state index contributed by atoms with van der Waals surface area (Å²) >= 11 is 0. The average molecular weight is 173 g/mol. The Hall–Kier alpha value is -1.00. The molecule has 1 aromatic carbocycles. The number of benzene rings is 1. The predicted octanol–water partition coefficient (Wildman–Crippen LogP) is 2.00. The van der Waals surface area contributed by atoms with Crippen LogP contribution in [0.15, 0.2) is 18.2 Å². The first-order valence-electron chi connectivity index (χ1n) is 3.49. The summed E-state index contributed by atoms with van der Waals surface area (Å²) in [5.74, 6) is -1.29. The lowest BCUT2D eigenvalue weighted by molar-refractivity contribution is 0.133. The third-order valence-electron chi connectivity index (χ3n) is 1.58. The van der Waals surface area contributed by atoms with E-state index in [0.717, 1.165) is 18.2 Å². The fourth-order valence-corrected chi connectivity index (χ4v) is 0.900. The lowest BCUT2D eigenvalue weighted by Gasteiger charge is -2.08. The van der Waals surface area contributed by atoms with Crippen LogP contribution in [0.2, 0.25) is 0 Å². The van der Waals surface area contributed by atoms with Crippen LogP contribution in [0.3, 0.4) is 0 Å². The summed E-state index contributed by atoms with van der Waals surface area (Å²) in [5, 5.41) is 8.48. The smallest absolute Gasteiger partial charge is 0.126 e. The second kappa shape index (κ2) is 3.60. The lowest BCUT2D eigenvalue weighted by atomic mass is 10.1. The van der Waals surface area contributed by atoms with Gasteiger partial charge in [0.05, 0.1) is 6.04 Å². The summed E-state index contributed by atoms with van der Waals surface area (Å²) in [6, 6.07) is 2.64. The van der Waals surface area contributed by atoms with E-state index in [4.69, 9.17) is 5.21 Å². The van der Waals surface area contributed by atoms with Crippen molar-refractivity contribution in [3.05, 3.63) is 35.4 Å². The van der Waals surface area contributed by atoms with Gasteiger partial charge in [-0.05, 0) is 24.6 Å². The largest absolute Gasteiger partial charge is 0.316 e. The maximum atomic E-state index is 12.6. The minimum atomic E-state index is -0.646. The van der Waals surface area contributed by atoms with Crippen LogP contribution in [0.5, 0.6) is 0 Å². The molecule has 0 aliphatic rings. The Morgan fingerprint density at radius 1 is 1.25 bits per heavy atom. The minimum Gasteiger partial charge on any atom is -0.316 e. The van der Waals surface area contributed by atoms with Crippen LogP contribution in [0.1, 0.15) is 18.5 Å². The number of nitrogens with one attached hydrogen (secondary N) is 1. The average Bonchev–Trinajstić information content (AvgIpc) is 2.01. The first-order chi connectivity index (χ1) is 5.63. The maximum absolute atomic E-state index is 12.6. The van der Waals surface area contributed by atoms with Crippen molar-refractivity contribution in [1.29, 1.82) is 0 Å². The fourth-order valence-electron chi connectivity index (χ4n) is 0.900. The summed E-state index contributed by atoms with van der Waals surface area (Å²) in [6.45, 7) is 1.59. The molecule has 0 bridgehead atoms. The molecule has 12 heavy (non-hydrogen) atoms. The van der Waals surface area contributed by atoms with E-state index in [1.807, 2.05) is 5.48 Å². The van der Waals surface area contributed by atoms with Gasteiger partial charge in [0.25, 0.3) is 0 Å². The van der Waals surface area contributed by atoms with Crippen LogP contribution >= 0.6 is 0 Å². The second-order valence-corrected chi connectivity index (χ2v) is 2.55. The molecular formula is C8H9F2NO.